The van der Waals surface area contributed by atoms with Crippen LogP contribution < -0.4 is 9.62 Å². The Balaban J connectivity index is 2.01. The maximum Gasteiger partial charge on any atom is 0.264 e. The summed E-state index contributed by atoms with van der Waals surface area (Å²) >= 11 is 0. The van der Waals surface area contributed by atoms with Gasteiger partial charge in [-0.2, -0.15) is 0 Å². The van der Waals surface area contributed by atoms with E-state index in [0.717, 1.165) is 5.56 Å². The summed E-state index contributed by atoms with van der Waals surface area (Å²) in [5.74, 6) is -0.362. The fraction of sp³-hybridized carbons (Fsp3) is 0.208. The highest BCUT2D eigenvalue weighted by molar-refractivity contribution is 7.92. The van der Waals surface area contributed by atoms with Crippen molar-refractivity contribution in [2.24, 2.45) is 0 Å². The first-order valence-corrected chi connectivity index (χ1v) is 11.5. The Labute approximate surface area is 183 Å². The molecule has 0 radical (unpaired) electrons. The topological polar surface area (TPSA) is 86.7 Å². The van der Waals surface area contributed by atoms with Gasteiger partial charge in [0.25, 0.3) is 15.9 Å². The molecule has 2 N–H and O–H groups in total. The zero-order valence-electron chi connectivity index (χ0n) is 17.3. The van der Waals surface area contributed by atoms with Gasteiger partial charge in [-0.15, -0.1) is 0 Å². The lowest BCUT2D eigenvalue weighted by molar-refractivity contribution is 0.0915. The van der Waals surface area contributed by atoms with Gasteiger partial charge < -0.3 is 10.4 Å². The molecule has 3 aromatic rings. The van der Waals surface area contributed by atoms with Crippen molar-refractivity contribution >= 4 is 21.6 Å². The van der Waals surface area contributed by atoms with E-state index in [9.17, 15) is 18.3 Å². The zero-order valence-corrected chi connectivity index (χ0v) is 18.1. The van der Waals surface area contributed by atoms with Gasteiger partial charge in [-0.3, -0.25) is 9.10 Å². The summed E-state index contributed by atoms with van der Waals surface area (Å²) in [6.45, 7) is 1.83. The van der Waals surface area contributed by atoms with Crippen molar-refractivity contribution in [2.45, 2.75) is 30.8 Å². The average molecular weight is 439 g/mol. The van der Waals surface area contributed by atoms with Crippen molar-refractivity contribution in [3.8, 4) is 0 Å². The standard InChI is InChI=1S/C24H26N2O4S/c1-2-21(18-27)25-24(28)20-12-9-13-22(16-20)26(17-19-10-5-3-6-11-19)31(29,30)23-14-7-4-8-15-23/h3-16,21,27H,2,17-18H2,1H3,(H,25,28)/t21-/m1/s1. The van der Waals surface area contributed by atoms with Crippen LogP contribution in [0.3, 0.4) is 0 Å². The Morgan fingerprint density at radius 3 is 2.23 bits per heavy atom. The number of rotatable bonds is 9. The van der Waals surface area contributed by atoms with E-state index in [4.69, 9.17) is 0 Å². The lowest BCUT2D eigenvalue weighted by Crippen LogP contribution is -2.37. The number of nitrogens with one attached hydrogen (secondary N) is 1. The summed E-state index contributed by atoms with van der Waals surface area (Å²) in [6, 6.07) is 23.7. The first-order valence-electron chi connectivity index (χ1n) is 10.1. The fourth-order valence-corrected chi connectivity index (χ4v) is 4.60. The van der Waals surface area contributed by atoms with Gasteiger partial charge in [0, 0.05) is 5.56 Å². The lowest BCUT2D eigenvalue weighted by atomic mass is 10.1. The number of carbonyl (C=O) groups excluding carboxylic acids is 1. The molecule has 1 atom stereocenters. The minimum absolute atomic E-state index is 0.122. The first kappa shape index (κ1) is 22.5. The van der Waals surface area contributed by atoms with E-state index in [1.165, 1.54) is 4.31 Å². The third kappa shape index (κ3) is 5.51. The van der Waals surface area contributed by atoms with E-state index in [-0.39, 0.29) is 30.0 Å². The Morgan fingerprint density at radius 1 is 0.968 bits per heavy atom. The van der Waals surface area contributed by atoms with E-state index in [1.54, 1.807) is 54.6 Å². The molecule has 3 aromatic carbocycles. The van der Waals surface area contributed by atoms with Crippen LogP contribution in [0, 0.1) is 0 Å². The van der Waals surface area contributed by atoms with Gasteiger partial charge in [-0.25, -0.2) is 8.42 Å². The number of nitrogens with zero attached hydrogens (tertiary/aromatic N) is 1. The number of hydrogen-bond donors (Lipinski definition) is 2. The van der Waals surface area contributed by atoms with Gasteiger partial charge in [-0.05, 0) is 42.3 Å². The molecule has 1 amide bonds. The number of hydrogen-bond acceptors (Lipinski definition) is 4. The third-order valence-electron chi connectivity index (χ3n) is 4.94. The number of amides is 1. The van der Waals surface area contributed by atoms with E-state index >= 15 is 0 Å². The molecule has 0 heterocycles. The van der Waals surface area contributed by atoms with Crippen LogP contribution in [0.15, 0.2) is 89.8 Å². The maximum absolute atomic E-state index is 13.5. The molecule has 31 heavy (non-hydrogen) atoms. The van der Waals surface area contributed by atoms with Crippen LogP contribution in [0.1, 0.15) is 29.3 Å². The van der Waals surface area contributed by atoms with Crippen molar-refractivity contribution in [1.29, 1.82) is 0 Å². The van der Waals surface area contributed by atoms with Crippen molar-refractivity contribution < 1.29 is 18.3 Å². The summed E-state index contributed by atoms with van der Waals surface area (Å²) in [5.41, 5.74) is 1.53. The van der Waals surface area contributed by atoms with Gasteiger partial charge in [0.2, 0.25) is 0 Å². The summed E-state index contributed by atoms with van der Waals surface area (Å²) < 4.78 is 28.3. The van der Waals surface area contributed by atoms with E-state index in [1.807, 2.05) is 37.3 Å². The van der Waals surface area contributed by atoms with E-state index in [2.05, 4.69) is 5.32 Å². The molecule has 7 heteroatoms. The van der Waals surface area contributed by atoms with Crippen LogP contribution in [0.2, 0.25) is 0 Å². The number of carbonyl (C=O) groups is 1. The molecule has 0 aliphatic carbocycles. The number of anilines is 1. The van der Waals surface area contributed by atoms with Crippen LogP contribution in [0.4, 0.5) is 5.69 Å². The predicted octanol–water partition coefficient (Wildman–Crippen LogP) is 3.58. The van der Waals surface area contributed by atoms with Crippen LogP contribution in [-0.2, 0) is 16.6 Å². The zero-order chi connectivity index (χ0) is 22.3. The summed E-state index contributed by atoms with van der Waals surface area (Å²) in [5, 5.41) is 12.1. The van der Waals surface area contributed by atoms with Crippen LogP contribution in [0.25, 0.3) is 0 Å². The Morgan fingerprint density at radius 2 is 1.61 bits per heavy atom. The molecule has 3 rings (SSSR count). The van der Waals surface area contributed by atoms with Crippen molar-refractivity contribution in [2.75, 3.05) is 10.9 Å². The number of aliphatic hydroxyl groups excluding tert-OH is 1. The normalized spacial score (nSPS) is 12.2. The van der Waals surface area contributed by atoms with Crippen LogP contribution >= 0.6 is 0 Å². The Kier molecular flexibility index (Phi) is 7.44. The average Bonchev–Trinajstić information content (AvgIpc) is 2.82. The minimum atomic E-state index is -3.87. The smallest absolute Gasteiger partial charge is 0.264 e. The molecule has 0 aliphatic heterocycles. The van der Waals surface area contributed by atoms with Crippen molar-refractivity contribution in [3.63, 3.8) is 0 Å². The Hall–Kier alpha value is -3.16. The molecular weight excluding hydrogens is 412 g/mol. The number of sulfonamides is 1. The molecule has 0 bridgehead atoms. The summed E-state index contributed by atoms with van der Waals surface area (Å²) in [4.78, 5) is 12.8. The van der Waals surface area contributed by atoms with Gasteiger partial charge in [-0.1, -0.05) is 61.5 Å². The monoisotopic (exact) mass is 438 g/mol. The molecule has 0 saturated heterocycles. The molecule has 162 valence electrons. The highest BCUT2D eigenvalue weighted by Crippen LogP contribution is 2.27. The molecule has 6 nitrogen and oxygen atoms in total. The third-order valence-corrected chi connectivity index (χ3v) is 6.73. The van der Waals surface area contributed by atoms with Gasteiger partial charge in [0.1, 0.15) is 0 Å². The molecule has 0 fully saturated rings. The summed E-state index contributed by atoms with van der Waals surface area (Å²) in [6.07, 6.45) is 0.588. The van der Waals surface area contributed by atoms with Gasteiger partial charge in [0.15, 0.2) is 0 Å². The highest BCUT2D eigenvalue weighted by atomic mass is 32.2. The molecule has 0 aromatic heterocycles. The number of aliphatic hydroxyl groups is 1. The SMILES string of the molecule is CC[C@H](CO)NC(=O)c1cccc(N(Cc2ccccc2)S(=O)(=O)c2ccccc2)c1. The van der Waals surface area contributed by atoms with Gasteiger partial charge >= 0.3 is 0 Å². The van der Waals surface area contributed by atoms with E-state index in [0.29, 0.717) is 17.7 Å². The number of benzene rings is 3. The minimum Gasteiger partial charge on any atom is -0.394 e. The van der Waals surface area contributed by atoms with Crippen LogP contribution in [-0.4, -0.2) is 32.1 Å². The second-order valence-electron chi connectivity index (χ2n) is 7.12. The molecule has 0 unspecified atom stereocenters. The second kappa shape index (κ2) is 10.2. The molecular formula is C24H26N2O4S. The second-order valence-corrected chi connectivity index (χ2v) is 8.98. The molecule has 0 aliphatic rings. The quantitative estimate of drug-likeness (QED) is 0.535. The fourth-order valence-electron chi connectivity index (χ4n) is 3.13. The predicted molar refractivity (Wildman–Crippen MR) is 121 cm³/mol. The lowest BCUT2D eigenvalue weighted by Gasteiger charge is -2.25. The highest BCUT2D eigenvalue weighted by Gasteiger charge is 2.26. The maximum atomic E-state index is 13.5. The van der Waals surface area contributed by atoms with Crippen LogP contribution in [0.5, 0.6) is 0 Å². The molecule has 0 saturated carbocycles. The summed E-state index contributed by atoms with van der Waals surface area (Å²) in [7, 11) is -3.87. The van der Waals surface area contributed by atoms with Crippen molar-refractivity contribution in [3.05, 3.63) is 96.1 Å². The van der Waals surface area contributed by atoms with Crippen molar-refractivity contribution in [1.82, 2.24) is 5.32 Å². The first-order chi connectivity index (χ1) is 15.0. The van der Waals surface area contributed by atoms with E-state index < -0.39 is 10.0 Å². The largest absolute Gasteiger partial charge is 0.394 e. The van der Waals surface area contributed by atoms with Gasteiger partial charge in [0.05, 0.1) is 29.8 Å². The Bertz CT molecular complexity index is 1100. The molecule has 0 spiro atoms.